The van der Waals surface area contributed by atoms with Gasteiger partial charge in [0.2, 0.25) is 0 Å². The highest BCUT2D eigenvalue weighted by molar-refractivity contribution is 6.06. The SMILES string of the molecule is C=C/N=C1\C(=C/C)C2=C(CCNC2)N1C. The molecule has 1 N–H and O–H groups in total. The van der Waals surface area contributed by atoms with Gasteiger partial charge in [-0.1, -0.05) is 12.7 Å². The van der Waals surface area contributed by atoms with E-state index in [0.717, 1.165) is 25.3 Å². The van der Waals surface area contributed by atoms with Crippen LogP contribution >= 0.6 is 0 Å². The Balaban J connectivity index is 2.45. The van der Waals surface area contributed by atoms with Crippen LogP contribution in [-0.4, -0.2) is 30.9 Å². The first-order chi connectivity index (χ1) is 7.29. The van der Waals surface area contributed by atoms with Crippen LogP contribution in [0.4, 0.5) is 0 Å². The molecule has 0 radical (unpaired) electrons. The van der Waals surface area contributed by atoms with Gasteiger partial charge in [-0.3, -0.25) is 0 Å². The molecule has 0 unspecified atom stereocenters. The fraction of sp³-hybridized carbons (Fsp3) is 0.417. The van der Waals surface area contributed by atoms with Crippen molar-refractivity contribution >= 4 is 5.84 Å². The molecule has 2 heterocycles. The third-order valence-corrected chi connectivity index (χ3v) is 2.98. The highest BCUT2D eigenvalue weighted by Crippen LogP contribution is 2.32. The van der Waals surface area contributed by atoms with E-state index in [4.69, 9.17) is 0 Å². The minimum absolute atomic E-state index is 0.954. The summed E-state index contributed by atoms with van der Waals surface area (Å²) in [6.45, 7) is 7.74. The first-order valence-electron chi connectivity index (χ1n) is 5.31. The molecule has 0 bridgehead atoms. The Hall–Kier alpha value is -1.35. The standard InChI is InChI=1S/C12H17N3/c1-4-9-10-8-13-7-6-11(10)15(3)12(9)14-5-2/h4-5,13H,2,6-8H2,1,3H3/b9-4-,14-12+. The van der Waals surface area contributed by atoms with Crippen molar-refractivity contribution in [1.82, 2.24) is 10.2 Å². The van der Waals surface area contributed by atoms with Crippen LogP contribution in [0.1, 0.15) is 13.3 Å². The van der Waals surface area contributed by atoms with Crippen LogP contribution in [0, 0.1) is 0 Å². The average Bonchev–Trinajstić information content (AvgIpc) is 2.54. The zero-order valence-electron chi connectivity index (χ0n) is 9.38. The Bertz CT molecular complexity index is 374. The number of rotatable bonds is 1. The van der Waals surface area contributed by atoms with E-state index in [1.807, 2.05) is 0 Å². The average molecular weight is 203 g/mol. The zero-order chi connectivity index (χ0) is 10.8. The van der Waals surface area contributed by atoms with Crippen molar-refractivity contribution in [3.63, 3.8) is 0 Å². The summed E-state index contributed by atoms with van der Waals surface area (Å²) < 4.78 is 0. The topological polar surface area (TPSA) is 27.6 Å². The van der Waals surface area contributed by atoms with E-state index in [1.165, 1.54) is 16.8 Å². The first kappa shape index (κ1) is 10.2. The van der Waals surface area contributed by atoms with Gasteiger partial charge in [-0.2, -0.15) is 0 Å². The number of amidine groups is 1. The van der Waals surface area contributed by atoms with Crippen molar-refractivity contribution in [2.75, 3.05) is 20.1 Å². The van der Waals surface area contributed by atoms with Gasteiger partial charge in [-0.05, 0) is 12.5 Å². The number of nitrogens with one attached hydrogen (secondary N) is 1. The molecule has 15 heavy (non-hydrogen) atoms. The molecular formula is C12H17N3. The van der Waals surface area contributed by atoms with Crippen LogP contribution in [0.3, 0.4) is 0 Å². The third kappa shape index (κ3) is 1.53. The lowest BCUT2D eigenvalue weighted by atomic mass is 10.0. The second kappa shape index (κ2) is 4.03. The normalized spacial score (nSPS) is 26.4. The Morgan fingerprint density at radius 2 is 2.33 bits per heavy atom. The van der Waals surface area contributed by atoms with Crippen LogP contribution in [0.25, 0.3) is 0 Å². The van der Waals surface area contributed by atoms with Gasteiger partial charge >= 0.3 is 0 Å². The lowest BCUT2D eigenvalue weighted by Gasteiger charge is -2.20. The van der Waals surface area contributed by atoms with Crippen molar-refractivity contribution in [2.24, 2.45) is 4.99 Å². The fourth-order valence-corrected chi connectivity index (χ4v) is 2.28. The molecule has 80 valence electrons. The Labute approximate surface area is 90.9 Å². The van der Waals surface area contributed by atoms with Gasteiger partial charge < -0.3 is 10.2 Å². The van der Waals surface area contributed by atoms with E-state index in [2.05, 4.69) is 41.8 Å². The zero-order valence-corrected chi connectivity index (χ0v) is 9.38. The van der Waals surface area contributed by atoms with Gasteiger partial charge in [0.1, 0.15) is 5.84 Å². The molecular weight excluding hydrogens is 186 g/mol. The van der Waals surface area contributed by atoms with Gasteiger partial charge in [0.25, 0.3) is 0 Å². The largest absolute Gasteiger partial charge is 0.332 e. The molecule has 3 heteroatoms. The summed E-state index contributed by atoms with van der Waals surface area (Å²) >= 11 is 0. The quantitative estimate of drug-likeness (QED) is 0.702. The van der Waals surface area contributed by atoms with Crippen LogP contribution in [0.2, 0.25) is 0 Å². The lowest BCUT2D eigenvalue weighted by molar-refractivity contribution is 0.556. The molecule has 2 aliphatic rings. The van der Waals surface area contributed by atoms with Crippen LogP contribution in [-0.2, 0) is 0 Å². The maximum Gasteiger partial charge on any atom is 0.139 e. The van der Waals surface area contributed by atoms with Crippen molar-refractivity contribution in [2.45, 2.75) is 13.3 Å². The molecule has 0 fully saturated rings. The highest BCUT2D eigenvalue weighted by atomic mass is 15.2. The van der Waals surface area contributed by atoms with Gasteiger partial charge in [0.15, 0.2) is 0 Å². The Morgan fingerprint density at radius 3 is 3.00 bits per heavy atom. The Kier molecular flexibility index (Phi) is 2.73. The van der Waals surface area contributed by atoms with Crippen molar-refractivity contribution in [3.8, 4) is 0 Å². The Morgan fingerprint density at radius 1 is 1.53 bits per heavy atom. The summed E-state index contributed by atoms with van der Waals surface area (Å²) in [5, 5.41) is 3.40. The number of hydrogen-bond donors (Lipinski definition) is 1. The lowest BCUT2D eigenvalue weighted by Crippen LogP contribution is -2.27. The number of nitrogens with zero attached hydrogens (tertiary/aromatic N) is 2. The molecule has 0 aliphatic carbocycles. The highest BCUT2D eigenvalue weighted by Gasteiger charge is 2.30. The maximum atomic E-state index is 4.35. The van der Waals surface area contributed by atoms with E-state index in [0.29, 0.717) is 0 Å². The molecule has 0 aromatic heterocycles. The van der Waals surface area contributed by atoms with Gasteiger partial charge in [-0.15, -0.1) is 0 Å². The molecule has 0 amide bonds. The summed E-state index contributed by atoms with van der Waals surface area (Å²) in [6.07, 6.45) is 4.83. The molecule has 0 aromatic rings. The van der Waals surface area contributed by atoms with E-state index in [9.17, 15) is 0 Å². The van der Waals surface area contributed by atoms with E-state index < -0.39 is 0 Å². The van der Waals surface area contributed by atoms with E-state index in [-0.39, 0.29) is 0 Å². The molecule has 0 aromatic carbocycles. The van der Waals surface area contributed by atoms with E-state index in [1.54, 1.807) is 6.20 Å². The van der Waals surface area contributed by atoms with Gasteiger partial charge in [-0.25, -0.2) is 4.99 Å². The summed E-state index contributed by atoms with van der Waals surface area (Å²) in [5.74, 6) is 1.03. The van der Waals surface area contributed by atoms with Crippen molar-refractivity contribution < 1.29 is 0 Å². The predicted molar refractivity (Wildman–Crippen MR) is 63.7 cm³/mol. The van der Waals surface area contributed by atoms with Crippen LogP contribution in [0.5, 0.6) is 0 Å². The second-order valence-electron chi connectivity index (χ2n) is 3.75. The summed E-state index contributed by atoms with van der Waals surface area (Å²) in [6, 6.07) is 0. The summed E-state index contributed by atoms with van der Waals surface area (Å²) in [7, 11) is 2.08. The minimum atomic E-state index is 0.954. The van der Waals surface area contributed by atoms with Crippen LogP contribution < -0.4 is 5.32 Å². The fourth-order valence-electron chi connectivity index (χ4n) is 2.28. The predicted octanol–water partition coefficient (Wildman–Crippen LogP) is 1.67. The van der Waals surface area contributed by atoms with E-state index >= 15 is 0 Å². The number of hydrogen-bond acceptors (Lipinski definition) is 2. The minimum Gasteiger partial charge on any atom is -0.332 e. The summed E-state index contributed by atoms with van der Waals surface area (Å²) in [5.41, 5.74) is 4.05. The number of allylic oxidation sites excluding steroid dienone is 1. The number of aliphatic imine (C=N–C) groups is 1. The van der Waals surface area contributed by atoms with Gasteiger partial charge in [0.05, 0.1) is 0 Å². The smallest absolute Gasteiger partial charge is 0.139 e. The molecule has 0 atom stereocenters. The van der Waals surface area contributed by atoms with Crippen molar-refractivity contribution in [3.05, 3.63) is 35.7 Å². The second-order valence-corrected chi connectivity index (χ2v) is 3.75. The molecule has 0 saturated carbocycles. The van der Waals surface area contributed by atoms with Crippen LogP contribution in [0.15, 0.2) is 40.7 Å². The molecule has 0 spiro atoms. The molecule has 2 rings (SSSR count). The molecule has 0 saturated heterocycles. The molecule has 2 aliphatic heterocycles. The maximum absolute atomic E-state index is 4.35. The van der Waals surface area contributed by atoms with Gasteiger partial charge in [0, 0.05) is 44.0 Å². The first-order valence-corrected chi connectivity index (χ1v) is 5.31. The third-order valence-electron chi connectivity index (χ3n) is 2.98. The van der Waals surface area contributed by atoms with Crippen molar-refractivity contribution in [1.29, 1.82) is 0 Å². The summed E-state index contributed by atoms with van der Waals surface area (Å²) in [4.78, 5) is 6.54. The molecule has 3 nitrogen and oxygen atoms in total. The number of likely N-dealkylation sites (N-methyl/N-ethyl adjacent to an activating group) is 1. The monoisotopic (exact) mass is 203 g/mol.